The molecule has 1 amide bonds. The van der Waals surface area contributed by atoms with Gasteiger partial charge in [0, 0.05) is 29.1 Å². The second-order valence-corrected chi connectivity index (χ2v) is 8.47. The number of carbonyl (C=O) groups excluding carboxylic acids is 1. The van der Waals surface area contributed by atoms with Crippen LogP contribution in [0.25, 0.3) is 5.13 Å². The third-order valence-corrected chi connectivity index (χ3v) is 6.28. The molecule has 0 aliphatic rings. The lowest BCUT2D eigenvalue weighted by Crippen LogP contribution is -2.15. The quantitative estimate of drug-likeness (QED) is 0.409. The molecule has 4 rings (SSSR count). The number of benzene rings is 2. The molecule has 0 bridgehead atoms. The Morgan fingerprint density at radius 1 is 1.09 bits per heavy atom. The number of aromatic nitrogens is 3. The highest BCUT2D eigenvalue weighted by Crippen LogP contribution is 2.29. The fourth-order valence-corrected chi connectivity index (χ4v) is 4.48. The number of aryl methyl sites for hydroxylation is 1. The number of nitrogens with zero attached hydrogens (tertiary/aromatic N) is 3. The molecule has 0 aliphatic carbocycles. The number of anilines is 1. The number of hydrogen-bond acceptors (Lipinski definition) is 6. The molecule has 2 heterocycles. The molecule has 2 aromatic heterocycles. The Bertz CT molecular complexity index is 1260. The van der Waals surface area contributed by atoms with Crippen molar-refractivity contribution < 1.29 is 14.3 Å². The summed E-state index contributed by atoms with van der Waals surface area (Å²) in [5.74, 6) is 1.02. The Morgan fingerprint density at radius 3 is 2.61 bits per heavy atom. The Kier molecular flexibility index (Phi) is 6.74. The van der Waals surface area contributed by atoms with Crippen LogP contribution < -0.4 is 14.8 Å². The van der Waals surface area contributed by atoms with Crippen LogP contribution in [-0.2, 0) is 17.6 Å². The number of rotatable bonds is 8. The Labute approximate surface area is 197 Å². The first kappa shape index (κ1) is 22.5. The molecule has 170 valence electrons. The van der Waals surface area contributed by atoms with Gasteiger partial charge in [0.25, 0.3) is 0 Å². The molecule has 0 unspecified atom stereocenters. The van der Waals surface area contributed by atoms with E-state index in [0.29, 0.717) is 22.9 Å². The van der Waals surface area contributed by atoms with Crippen molar-refractivity contribution in [3.05, 3.63) is 82.1 Å². The van der Waals surface area contributed by atoms with Gasteiger partial charge in [-0.15, -0.1) is 11.3 Å². The highest BCUT2D eigenvalue weighted by atomic mass is 32.1. The van der Waals surface area contributed by atoms with E-state index in [1.807, 2.05) is 35.2 Å². The third kappa shape index (κ3) is 5.06. The van der Waals surface area contributed by atoms with E-state index >= 15 is 0 Å². The highest BCUT2D eigenvalue weighted by Gasteiger charge is 2.17. The predicted octanol–water partition coefficient (Wildman–Crippen LogP) is 4.73. The zero-order chi connectivity index (χ0) is 23.4. The van der Waals surface area contributed by atoms with E-state index in [0.717, 1.165) is 22.9 Å². The summed E-state index contributed by atoms with van der Waals surface area (Å²) in [7, 11) is 3.14. The maximum absolute atomic E-state index is 12.6. The van der Waals surface area contributed by atoms with Crippen LogP contribution in [0.2, 0.25) is 0 Å². The maximum Gasteiger partial charge on any atom is 0.230 e. The second-order valence-electron chi connectivity index (χ2n) is 7.64. The summed E-state index contributed by atoms with van der Waals surface area (Å²) < 4.78 is 12.4. The van der Waals surface area contributed by atoms with Crippen molar-refractivity contribution in [2.45, 2.75) is 26.7 Å². The van der Waals surface area contributed by atoms with Crippen molar-refractivity contribution in [3.8, 4) is 16.6 Å². The average molecular weight is 463 g/mol. The molecule has 0 radical (unpaired) electrons. The number of amides is 1. The lowest BCUT2D eigenvalue weighted by molar-refractivity contribution is -0.115. The van der Waals surface area contributed by atoms with Crippen molar-refractivity contribution in [3.63, 3.8) is 0 Å². The molecule has 0 fully saturated rings. The summed E-state index contributed by atoms with van der Waals surface area (Å²) in [5, 5.41) is 10.2. The number of ether oxygens (including phenoxy) is 2. The van der Waals surface area contributed by atoms with Crippen molar-refractivity contribution in [1.29, 1.82) is 0 Å². The number of thiazole rings is 1. The van der Waals surface area contributed by atoms with E-state index in [4.69, 9.17) is 14.6 Å². The third-order valence-electron chi connectivity index (χ3n) is 5.41. The van der Waals surface area contributed by atoms with E-state index in [1.54, 1.807) is 32.4 Å². The molecule has 4 aromatic rings. The fraction of sp³-hybridized carbons (Fsp3) is 0.240. The SMILES string of the molecule is COc1ccc(NC(=O)Cc2csc(-n3nc(C)c(Cc4ccccc4)c3C)n2)c(OC)c1. The molecule has 7 nitrogen and oxygen atoms in total. The van der Waals surface area contributed by atoms with Crippen LogP contribution in [0.1, 0.15) is 28.2 Å². The zero-order valence-corrected chi connectivity index (χ0v) is 19.9. The van der Waals surface area contributed by atoms with Gasteiger partial charge in [-0.2, -0.15) is 5.10 Å². The Hall–Kier alpha value is -3.65. The lowest BCUT2D eigenvalue weighted by Gasteiger charge is -2.11. The normalized spacial score (nSPS) is 10.8. The first-order chi connectivity index (χ1) is 16.0. The van der Waals surface area contributed by atoms with E-state index in [2.05, 4.69) is 29.4 Å². The minimum Gasteiger partial charge on any atom is -0.497 e. The second kappa shape index (κ2) is 9.87. The lowest BCUT2D eigenvalue weighted by atomic mass is 10.0. The molecule has 0 spiro atoms. The Balaban J connectivity index is 1.47. The number of methoxy groups -OCH3 is 2. The van der Waals surface area contributed by atoms with Gasteiger partial charge in [0.1, 0.15) is 11.5 Å². The molecule has 1 N–H and O–H groups in total. The van der Waals surface area contributed by atoms with Gasteiger partial charge in [0.2, 0.25) is 11.0 Å². The van der Waals surface area contributed by atoms with Gasteiger partial charge in [-0.25, -0.2) is 9.67 Å². The first-order valence-corrected chi connectivity index (χ1v) is 11.4. The molecule has 2 aromatic carbocycles. The van der Waals surface area contributed by atoms with Gasteiger partial charge in [0.05, 0.1) is 37.7 Å². The number of carbonyl (C=O) groups is 1. The van der Waals surface area contributed by atoms with Crippen molar-refractivity contribution >= 4 is 22.9 Å². The van der Waals surface area contributed by atoms with Gasteiger partial charge in [-0.3, -0.25) is 4.79 Å². The average Bonchev–Trinajstić information content (AvgIpc) is 3.39. The van der Waals surface area contributed by atoms with E-state index in [9.17, 15) is 4.79 Å². The fourth-order valence-electron chi connectivity index (χ4n) is 3.65. The van der Waals surface area contributed by atoms with Crippen LogP contribution in [0.5, 0.6) is 11.5 Å². The van der Waals surface area contributed by atoms with Crippen LogP contribution >= 0.6 is 11.3 Å². The zero-order valence-electron chi connectivity index (χ0n) is 19.1. The van der Waals surface area contributed by atoms with Crippen molar-refractivity contribution in [1.82, 2.24) is 14.8 Å². The van der Waals surface area contributed by atoms with Crippen molar-refractivity contribution in [2.24, 2.45) is 0 Å². The summed E-state index contributed by atoms with van der Waals surface area (Å²) in [6.45, 7) is 4.08. The monoisotopic (exact) mass is 462 g/mol. The van der Waals surface area contributed by atoms with Gasteiger partial charge < -0.3 is 14.8 Å². The summed E-state index contributed by atoms with van der Waals surface area (Å²) >= 11 is 1.47. The van der Waals surface area contributed by atoms with Gasteiger partial charge in [0.15, 0.2) is 0 Å². The maximum atomic E-state index is 12.6. The molecule has 33 heavy (non-hydrogen) atoms. The first-order valence-electron chi connectivity index (χ1n) is 10.5. The minimum absolute atomic E-state index is 0.155. The summed E-state index contributed by atoms with van der Waals surface area (Å²) in [4.78, 5) is 17.3. The molecule has 0 aliphatic heterocycles. The smallest absolute Gasteiger partial charge is 0.230 e. The van der Waals surface area contributed by atoms with Crippen LogP contribution in [0.3, 0.4) is 0 Å². The molecule has 0 saturated heterocycles. The van der Waals surface area contributed by atoms with E-state index < -0.39 is 0 Å². The molecule has 0 saturated carbocycles. The molecule has 8 heteroatoms. The minimum atomic E-state index is -0.173. The molecule has 0 atom stereocenters. The summed E-state index contributed by atoms with van der Waals surface area (Å²) in [6, 6.07) is 15.6. The van der Waals surface area contributed by atoms with Gasteiger partial charge >= 0.3 is 0 Å². The largest absolute Gasteiger partial charge is 0.497 e. The molecular formula is C25H26N4O3S. The summed E-state index contributed by atoms with van der Waals surface area (Å²) in [5.41, 5.74) is 5.76. The standard InChI is InChI=1S/C25H26N4O3S/c1-16-21(12-18-8-6-5-7-9-18)17(2)29(28-16)25-26-19(15-33-25)13-24(30)27-22-11-10-20(31-3)14-23(22)32-4/h5-11,14-15H,12-13H2,1-4H3,(H,27,30). The van der Waals surface area contributed by atoms with Gasteiger partial charge in [-0.1, -0.05) is 30.3 Å². The Morgan fingerprint density at radius 2 is 1.88 bits per heavy atom. The highest BCUT2D eigenvalue weighted by molar-refractivity contribution is 7.12. The van der Waals surface area contributed by atoms with Gasteiger partial charge in [-0.05, 0) is 31.5 Å². The van der Waals surface area contributed by atoms with E-state index in [1.165, 1.54) is 22.5 Å². The number of nitrogens with one attached hydrogen (secondary N) is 1. The topological polar surface area (TPSA) is 78.3 Å². The number of hydrogen-bond donors (Lipinski definition) is 1. The van der Waals surface area contributed by atoms with Crippen LogP contribution in [0.15, 0.2) is 53.9 Å². The predicted molar refractivity (Wildman–Crippen MR) is 130 cm³/mol. The van der Waals surface area contributed by atoms with Crippen LogP contribution in [0, 0.1) is 13.8 Å². The molecular weight excluding hydrogens is 436 g/mol. The van der Waals surface area contributed by atoms with Crippen LogP contribution in [-0.4, -0.2) is 34.9 Å². The van der Waals surface area contributed by atoms with Crippen molar-refractivity contribution in [2.75, 3.05) is 19.5 Å². The van der Waals surface area contributed by atoms with E-state index in [-0.39, 0.29) is 12.3 Å². The summed E-state index contributed by atoms with van der Waals surface area (Å²) in [6.07, 6.45) is 0.977. The van der Waals surface area contributed by atoms with Crippen LogP contribution in [0.4, 0.5) is 5.69 Å².